The molecule has 2 N–H and O–H groups in total. The average molecular weight is 258 g/mol. The molecular weight excluding hydrogens is 240 g/mol. The minimum atomic E-state index is -1.02. The van der Waals surface area contributed by atoms with Crippen LogP contribution in [0.4, 0.5) is 4.79 Å². The van der Waals surface area contributed by atoms with Crippen LogP contribution in [-0.4, -0.2) is 53.1 Å². The van der Waals surface area contributed by atoms with Gasteiger partial charge in [-0.2, -0.15) is 11.8 Å². The van der Waals surface area contributed by atoms with Gasteiger partial charge in [0.2, 0.25) is 0 Å². The minimum absolute atomic E-state index is 0.178. The molecule has 0 saturated heterocycles. The Morgan fingerprint density at radius 1 is 1.59 bits per heavy atom. The molecule has 0 aliphatic rings. The van der Waals surface area contributed by atoms with Gasteiger partial charge < -0.3 is 15.3 Å². The number of aliphatic carboxylic acids is 1. The van der Waals surface area contributed by atoms with Gasteiger partial charge >= 0.3 is 12.0 Å². The number of terminal acetylenes is 1. The Bertz CT molecular complexity index is 302. The second-order valence-electron chi connectivity index (χ2n) is 3.34. The third-order valence-corrected chi connectivity index (χ3v) is 2.80. The summed E-state index contributed by atoms with van der Waals surface area (Å²) in [4.78, 5) is 24.0. The molecule has 5 nitrogen and oxygen atoms in total. The lowest BCUT2D eigenvalue weighted by atomic mass is 10.2. The second-order valence-corrected chi connectivity index (χ2v) is 4.33. The van der Waals surface area contributed by atoms with Crippen molar-refractivity contribution in [2.75, 3.05) is 25.1 Å². The molecule has 0 radical (unpaired) electrons. The number of hydrogen-bond acceptors (Lipinski definition) is 3. The molecule has 0 aromatic rings. The fourth-order valence-corrected chi connectivity index (χ4v) is 1.64. The van der Waals surface area contributed by atoms with Crippen LogP contribution in [0.3, 0.4) is 0 Å². The highest BCUT2D eigenvalue weighted by molar-refractivity contribution is 7.98. The summed E-state index contributed by atoms with van der Waals surface area (Å²) < 4.78 is 0. The van der Waals surface area contributed by atoms with Crippen LogP contribution in [0.25, 0.3) is 0 Å². The van der Waals surface area contributed by atoms with Crippen molar-refractivity contribution in [3.8, 4) is 12.3 Å². The lowest BCUT2D eigenvalue weighted by molar-refractivity contribution is -0.139. The zero-order valence-electron chi connectivity index (χ0n) is 10.1. The Balaban J connectivity index is 4.38. The molecule has 0 rings (SSSR count). The Kier molecular flexibility index (Phi) is 8.07. The molecule has 17 heavy (non-hydrogen) atoms. The maximum Gasteiger partial charge on any atom is 0.326 e. The molecule has 0 aromatic heterocycles. The highest BCUT2D eigenvalue weighted by Gasteiger charge is 2.21. The monoisotopic (exact) mass is 258 g/mol. The van der Waals surface area contributed by atoms with Crippen molar-refractivity contribution in [3.05, 3.63) is 0 Å². The minimum Gasteiger partial charge on any atom is -0.480 e. The zero-order chi connectivity index (χ0) is 13.3. The molecule has 2 amide bonds. The van der Waals surface area contributed by atoms with E-state index in [2.05, 4.69) is 11.2 Å². The van der Waals surface area contributed by atoms with Gasteiger partial charge in [-0.15, -0.1) is 6.42 Å². The number of carboxylic acid groups (broad SMARTS) is 1. The first kappa shape index (κ1) is 15.7. The summed E-state index contributed by atoms with van der Waals surface area (Å²) in [5, 5.41) is 11.4. The standard InChI is InChI=1S/C11H18N2O3S/c1-4-7-13(5-2)11(16)12-9(10(14)15)6-8-17-3/h1,9H,5-8H2,2-3H3,(H,12,16)(H,14,15)/t9-/m0/s1. The molecule has 0 heterocycles. The van der Waals surface area contributed by atoms with Crippen molar-refractivity contribution >= 4 is 23.8 Å². The van der Waals surface area contributed by atoms with Crippen molar-refractivity contribution in [2.24, 2.45) is 0 Å². The number of urea groups is 1. The summed E-state index contributed by atoms with van der Waals surface area (Å²) in [7, 11) is 0. The third-order valence-electron chi connectivity index (χ3n) is 2.16. The van der Waals surface area contributed by atoms with E-state index >= 15 is 0 Å². The predicted molar refractivity (Wildman–Crippen MR) is 69.0 cm³/mol. The van der Waals surface area contributed by atoms with Crippen molar-refractivity contribution in [1.29, 1.82) is 0 Å². The van der Waals surface area contributed by atoms with Crippen molar-refractivity contribution < 1.29 is 14.7 Å². The molecule has 1 atom stereocenters. The average Bonchev–Trinajstić information content (AvgIpc) is 2.30. The van der Waals surface area contributed by atoms with Crippen LogP contribution in [0.2, 0.25) is 0 Å². The van der Waals surface area contributed by atoms with Crippen LogP contribution in [0, 0.1) is 12.3 Å². The van der Waals surface area contributed by atoms with Gasteiger partial charge in [-0.1, -0.05) is 5.92 Å². The third kappa shape index (κ3) is 6.07. The topological polar surface area (TPSA) is 69.6 Å². The number of carbonyl (C=O) groups excluding carboxylic acids is 1. The summed E-state index contributed by atoms with van der Waals surface area (Å²) in [6.07, 6.45) is 7.41. The fourth-order valence-electron chi connectivity index (χ4n) is 1.17. The first-order valence-electron chi connectivity index (χ1n) is 5.27. The highest BCUT2D eigenvalue weighted by atomic mass is 32.2. The first-order valence-corrected chi connectivity index (χ1v) is 6.66. The zero-order valence-corrected chi connectivity index (χ0v) is 10.9. The molecule has 0 unspecified atom stereocenters. The van der Waals surface area contributed by atoms with Crippen LogP contribution in [0.1, 0.15) is 13.3 Å². The van der Waals surface area contributed by atoms with Crippen LogP contribution < -0.4 is 5.32 Å². The molecule has 0 saturated carbocycles. The summed E-state index contributed by atoms with van der Waals surface area (Å²) in [6.45, 7) is 2.41. The first-order chi connectivity index (χ1) is 8.06. The fraction of sp³-hybridized carbons (Fsp3) is 0.636. The Morgan fingerprint density at radius 2 is 2.24 bits per heavy atom. The van der Waals surface area contributed by atoms with Gasteiger partial charge in [0, 0.05) is 6.54 Å². The van der Waals surface area contributed by atoms with E-state index in [1.165, 1.54) is 16.7 Å². The summed E-state index contributed by atoms with van der Waals surface area (Å²) in [5.74, 6) is 2.01. The van der Waals surface area contributed by atoms with Crippen molar-refractivity contribution in [2.45, 2.75) is 19.4 Å². The summed E-state index contributed by atoms with van der Waals surface area (Å²) in [5.41, 5.74) is 0. The van der Waals surface area contributed by atoms with Crippen molar-refractivity contribution in [1.82, 2.24) is 10.2 Å². The Morgan fingerprint density at radius 3 is 2.65 bits per heavy atom. The molecule has 0 aliphatic heterocycles. The molecule has 0 bridgehead atoms. The van der Waals surface area contributed by atoms with Crippen LogP contribution in [-0.2, 0) is 4.79 Å². The lowest BCUT2D eigenvalue weighted by Gasteiger charge is -2.21. The van der Waals surface area contributed by atoms with E-state index in [0.29, 0.717) is 18.7 Å². The van der Waals surface area contributed by atoms with Gasteiger partial charge in [-0.25, -0.2) is 9.59 Å². The van der Waals surface area contributed by atoms with Crippen LogP contribution in [0.15, 0.2) is 0 Å². The summed E-state index contributed by atoms with van der Waals surface area (Å²) in [6, 6.07) is -1.29. The number of hydrogen-bond donors (Lipinski definition) is 2. The van der Waals surface area contributed by atoms with Gasteiger partial charge in [0.05, 0.1) is 6.54 Å². The highest BCUT2D eigenvalue weighted by Crippen LogP contribution is 2.02. The molecule has 0 aliphatic carbocycles. The molecule has 96 valence electrons. The van der Waals surface area contributed by atoms with E-state index in [0.717, 1.165) is 0 Å². The molecule has 0 aromatic carbocycles. The van der Waals surface area contributed by atoms with Crippen LogP contribution in [0.5, 0.6) is 0 Å². The lowest BCUT2D eigenvalue weighted by Crippen LogP contribution is -2.48. The number of thioether (sulfide) groups is 1. The molecule has 0 spiro atoms. The maximum atomic E-state index is 11.7. The normalized spacial score (nSPS) is 11.4. The van der Waals surface area contributed by atoms with Crippen molar-refractivity contribution in [3.63, 3.8) is 0 Å². The Hall–Kier alpha value is -1.35. The predicted octanol–water partition coefficient (Wildman–Crippen LogP) is 0.857. The van der Waals surface area contributed by atoms with E-state index in [4.69, 9.17) is 11.5 Å². The number of nitrogens with zero attached hydrogens (tertiary/aromatic N) is 1. The van der Waals surface area contributed by atoms with Gasteiger partial charge in [-0.05, 0) is 25.4 Å². The van der Waals surface area contributed by atoms with Gasteiger partial charge in [0.15, 0.2) is 0 Å². The largest absolute Gasteiger partial charge is 0.480 e. The smallest absolute Gasteiger partial charge is 0.326 e. The van der Waals surface area contributed by atoms with Crippen LogP contribution >= 0.6 is 11.8 Å². The second kappa shape index (κ2) is 8.76. The number of rotatable bonds is 7. The van der Waals surface area contributed by atoms with E-state index < -0.39 is 18.0 Å². The quantitative estimate of drug-likeness (QED) is 0.664. The van der Waals surface area contributed by atoms with E-state index in [-0.39, 0.29) is 6.54 Å². The maximum absolute atomic E-state index is 11.7. The van der Waals surface area contributed by atoms with E-state index in [1.54, 1.807) is 6.92 Å². The SMILES string of the molecule is C#CCN(CC)C(=O)N[C@@H](CCSC)C(=O)O. The number of amides is 2. The Labute approximate surface area is 106 Å². The summed E-state index contributed by atoms with van der Waals surface area (Å²) >= 11 is 1.54. The number of carboxylic acids is 1. The number of carbonyl (C=O) groups is 2. The molecule has 0 fully saturated rings. The van der Waals surface area contributed by atoms with Gasteiger partial charge in [0.25, 0.3) is 0 Å². The van der Waals surface area contributed by atoms with Gasteiger partial charge in [-0.3, -0.25) is 0 Å². The van der Waals surface area contributed by atoms with Gasteiger partial charge in [0.1, 0.15) is 6.04 Å². The number of nitrogens with one attached hydrogen (secondary N) is 1. The van der Waals surface area contributed by atoms with E-state index in [9.17, 15) is 9.59 Å². The van der Waals surface area contributed by atoms with E-state index in [1.807, 2.05) is 6.26 Å². The molecule has 6 heteroatoms. The molecular formula is C11H18N2O3S.